The molecule has 0 bridgehead atoms. The molecule has 0 unspecified atom stereocenters. The predicted molar refractivity (Wildman–Crippen MR) is 58.2 cm³/mol. The second-order valence-corrected chi connectivity index (χ2v) is 3.89. The summed E-state index contributed by atoms with van der Waals surface area (Å²) < 4.78 is 44.1. The maximum absolute atomic E-state index is 12.6. The quantitative estimate of drug-likeness (QED) is 0.681. The van der Waals surface area contributed by atoms with Crippen molar-refractivity contribution < 1.29 is 17.6 Å². The average Bonchev–Trinajstić information content (AvgIpc) is 2.93. The Bertz CT molecular complexity index is 744. The molecule has 0 N–H and O–H groups in total. The van der Waals surface area contributed by atoms with Crippen molar-refractivity contribution in [2.45, 2.75) is 13.1 Å². The van der Waals surface area contributed by atoms with E-state index in [1.54, 1.807) is 19.1 Å². The molecule has 3 aromatic heterocycles. The van der Waals surface area contributed by atoms with Gasteiger partial charge in [0.1, 0.15) is 5.76 Å². The molecule has 19 heavy (non-hydrogen) atoms. The van der Waals surface area contributed by atoms with E-state index in [4.69, 9.17) is 4.42 Å². The Balaban J connectivity index is 2.23. The van der Waals surface area contributed by atoms with Gasteiger partial charge in [0, 0.05) is 12.4 Å². The van der Waals surface area contributed by atoms with Crippen molar-refractivity contribution in [2.75, 3.05) is 0 Å². The van der Waals surface area contributed by atoms with E-state index in [2.05, 4.69) is 15.1 Å². The SMILES string of the molecule is Cc1ccc(-c2nccn3nc(C(F)(F)F)nc23)o1. The van der Waals surface area contributed by atoms with Gasteiger partial charge in [-0.1, -0.05) is 0 Å². The number of alkyl halides is 3. The molecular formula is C11H7F3N4O. The van der Waals surface area contributed by atoms with Gasteiger partial charge in [0.15, 0.2) is 17.1 Å². The Morgan fingerprint density at radius 2 is 2.05 bits per heavy atom. The highest BCUT2D eigenvalue weighted by molar-refractivity contribution is 5.69. The molecule has 0 saturated carbocycles. The summed E-state index contributed by atoms with van der Waals surface area (Å²) in [4.78, 5) is 7.48. The topological polar surface area (TPSA) is 56.2 Å². The lowest BCUT2D eigenvalue weighted by molar-refractivity contribution is -0.144. The van der Waals surface area contributed by atoms with Crippen molar-refractivity contribution in [1.82, 2.24) is 19.6 Å². The summed E-state index contributed by atoms with van der Waals surface area (Å²) in [6, 6.07) is 3.32. The molecular weight excluding hydrogens is 261 g/mol. The van der Waals surface area contributed by atoms with Crippen LogP contribution in [0.25, 0.3) is 17.1 Å². The van der Waals surface area contributed by atoms with E-state index in [0.29, 0.717) is 11.5 Å². The molecule has 0 aromatic carbocycles. The highest BCUT2D eigenvalue weighted by Gasteiger charge is 2.36. The van der Waals surface area contributed by atoms with Gasteiger partial charge in [-0.2, -0.15) is 13.2 Å². The highest BCUT2D eigenvalue weighted by Crippen LogP contribution is 2.29. The van der Waals surface area contributed by atoms with Crippen LogP contribution in [0.3, 0.4) is 0 Å². The van der Waals surface area contributed by atoms with Crippen molar-refractivity contribution in [3.63, 3.8) is 0 Å². The number of rotatable bonds is 1. The zero-order valence-electron chi connectivity index (χ0n) is 9.64. The third-order valence-corrected chi connectivity index (χ3v) is 2.48. The maximum atomic E-state index is 12.6. The van der Waals surface area contributed by atoms with E-state index in [9.17, 15) is 13.2 Å². The average molecular weight is 268 g/mol. The van der Waals surface area contributed by atoms with Crippen LogP contribution in [0.5, 0.6) is 0 Å². The van der Waals surface area contributed by atoms with Crippen molar-refractivity contribution in [3.05, 3.63) is 36.1 Å². The minimum atomic E-state index is -4.59. The molecule has 0 spiro atoms. The standard InChI is InChI=1S/C11H7F3N4O/c1-6-2-3-7(19-6)8-9-16-10(11(12,13)14)17-18(9)5-4-15-8/h2-5H,1H3. The maximum Gasteiger partial charge on any atom is 0.453 e. The number of aromatic nitrogens is 4. The second-order valence-electron chi connectivity index (χ2n) is 3.89. The number of aryl methyl sites for hydroxylation is 1. The van der Waals surface area contributed by atoms with E-state index in [0.717, 1.165) is 4.52 Å². The summed E-state index contributed by atoms with van der Waals surface area (Å²) in [6.07, 6.45) is -1.95. The number of hydrogen-bond acceptors (Lipinski definition) is 4. The van der Waals surface area contributed by atoms with Gasteiger partial charge in [-0.15, -0.1) is 5.10 Å². The number of halogens is 3. The fourth-order valence-electron chi connectivity index (χ4n) is 1.67. The van der Waals surface area contributed by atoms with Gasteiger partial charge in [-0.05, 0) is 19.1 Å². The molecule has 0 aliphatic rings. The monoisotopic (exact) mass is 268 g/mol. The normalized spacial score (nSPS) is 12.2. The van der Waals surface area contributed by atoms with E-state index < -0.39 is 12.0 Å². The van der Waals surface area contributed by atoms with Crippen LogP contribution in [0.4, 0.5) is 13.2 Å². The summed E-state index contributed by atoms with van der Waals surface area (Å²) in [5.41, 5.74) is 0.225. The summed E-state index contributed by atoms with van der Waals surface area (Å²) in [5, 5.41) is 3.38. The second kappa shape index (κ2) is 3.81. The lowest BCUT2D eigenvalue weighted by Gasteiger charge is -1.97. The third-order valence-electron chi connectivity index (χ3n) is 2.48. The molecule has 0 fully saturated rings. The smallest absolute Gasteiger partial charge is 0.453 e. The molecule has 8 heteroatoms. The molecule has 0 aliphatic heterocycles. The third kappa shape index (κ3) is 1.94. The van der Waals surface area contributed by atoms with E-state index in [-0.39, 0.29) is 11.3 Å². The zero-order valence-corrected chi connectivity index (χ0v) is 9.64. The van der Waals surface area contributed by atoms with Crippen molar-refractivity contribution in [3.8, 4) is 11.5 Å². The van der Waals surface area contributed by atoms with Crippen molar-refractivity contribution in [1.29, 1.82) is 0 Å². The molecule has 0 radical (unpaired) electrons. The first-order valence-electron chi connectivity index (χ1n) is 5.30. The first-order chi connectivity index (χ1) is 8.95. The summed E-state index contributed by atoms with van der Waals surface area (Å²) in [7, 11) is 0. The Hall–Kier alpha value is -2.38. The van der Waals surface area contributed by atoms with Crippen LogP contribution in [-0.2, 0) is 6.18 Å². The number of hydrogen-bond donors (Lipinski definition) is 0. The van der Waals surface area contributed by atoms with Crippen LogP contribution in [0.2, 0.25) is 0 Å². The van der Waals surface area contributed by atoms with Crippen molar-refractivity contribution in [2.24, 2.45) is 0 Å². The van der Waals surface area contributed by atoms with Gasteiger partial charge < -0.3 is 4.42 Å². The predicted octanol–water partition coefficient (Wildman–Crippen LogP) is 2.71. The Morgan fingerprint density at radius 1 is 1.26 bits per heavy atom. The van der Waals surface area contributed by atoms with E-state index in [1.165, 1.54) is 12.4 Å². The molecule has 0 amide bonds. The Kier molecular flexibility index (Phi) is 2.34. The van der Waals surface area contributed by atoms with Gasteiger partial charge in [0.2, 0.25) is 0 Å². The zero-order chi connectivity index (χ0) is 13.6. The molecule has 0 saturated heterocycles. The molecule has 0 aliphatic carbocycles. The Morgan fingerprint density at radius 3 is 2.68 bits per heavy atom. The molecule has 3 heterocycles. The first kappa shape index (κ1) is 11.7. The summed E-state index contributed by atoms with van der Waals surface area (Å²) in [6.45, 7) is 1.73. The van der Waals surface area contributed by atoms with Gasteiger partial charge in [-0.25, -0.2) is 14.5 Å². The molecule has 5 nitrogen and oxygen atoms in total. The fourth-order valence-corrected chi connectivity index (χ4v) is 1.67. The largest absolute Gasteiger partial charge is 0.460 e. The van der Waals surface area contributed by atoms with Gasteiger partial charge in [-0.3, -0.25) is 0 Å². The van der Waals surface area contributed by atoms with E-state index >= 15 is 0 Å². The van der Waals surface area contributed by atoms with Crippen LogP contribution < -0.4 is 0 Å². The summed E-state index contributed by atoms with van der Waals surface area (Å²) >= 11 is 0. The fraction of sp³-hybridized carbons (Fsp3) is 0.182. The number of furan rings is 1. The lowest BCUT2D eigenvalue weighted by atomic mass is 10.3. The lowest BCUT2D eigenvalue weighted by Crippen LogP contribution is -2.07. The highest BCUT2D eigenvalue weighted by atomic mass is 19.4. The van der Waals surface area contributed by atoms with Crippen LogP contribution in [-0.4, -0.2) is 19.6 Å². The number of fused-ring (bicyclic) bond motifs is 1. The first-order valence-corrected chi connectivity index (χ1v) is 5.30. The Labute approximate surface area is 104 Å². The van der Waals surface area contributed by atoms with Crippen LogP contribution in [0.1, 0.15) is 11.6 Å². The van der Waals surface area contributed by atoms with Gasteiger partial charge >= 0.3 is 6.18 Å². The van der Waals surface area contributed by atoms with Crippen LogP contribution in [0, 0.1) is 6.92 Å². The molecule has 0 atom stereocenters. The molecule has 98 valence electrons. The summed E-state index contributed by atoms with van der Waals surface area (Å²) in [5.74, 6) is -0.219. The van der Waals surface area contributed by atoms with Crippen LogP contribution in [0.15, 0.2) is 28.9 Å². The molecule has 3 rings (SSSR count). The van der Waals surface area contributed by atoms with Crippen LogP contribution >= 0.6 is 0 Å². The minimum absolute atomic E-state index is 0.00387. The van der Waals surface area contributed by atoms with Gasteiger partial charge in [0.25, 0.3) is 5.82 Å². The van der Waals surface area contributed by atoms with Gasteiger partial charge in [0.05, 0.1) is 0 Å². The van der Waals surface area contributed by atoms with E-state index in [1.807, 2.05) is 0 Å². The minimum Gasteiger partial charge on any atom is -0.460 e. The number of nitrogens with zero attached hydrogens (tertiary/aromatic N) is 4. The van der Waals surface area contributed by atoms with Crippen molar-refractivity contribution >= 4 is 5.65 Å². The molecule has 3 aromatic rings.